The molecule has 2 atom stereocenters. The van der Waals surface area contributed by atoms with Crippen molar-refractivity contribution in [2.24, 2.45) is 5.73 Å². The highest BCUT2D eigenvalue weighted by Crippen LogP contribution is 2.30. The number of fused-ring (bicyclic) bond motifs is 1. The molecule has 46 heavy (non-hydrogen) atoms. The van der Waals surface area contributed by atoms with Crippen molar-refractivity contribution in [1.82, 2.24) is 15.4 Å². The number of amides is 3. The number of methoxy groups -OCH3 is 1. The zero-order valence-corrected chi connectivity index (χ0v) is 28.6. The van der Waals surface area contributed by atoms with Gasteiger partial charge in [-0.25, -0.2) is 0 Å². The topological polar surface area (TPSA) is 158 Å². The van der Waals surface area contributed by atoms with Crippen LogP contribution in [0.15, 0.2) is 40.9 Å². The fraction of sp³-hybridized carbons (Fsp3) is 0.515. The van der Waals surface area contributed by atoms with E-state index in [0.29, 0.717) is 53.4 Å². The number of ether oxygens (including phenoxy) is 3. The number of hydrogen-bond donors (Lipinski definition) is 3. The fourth-order valence-electron chi connectivity index (χ4n) is 4.80. The molecule has 1 aromatic heterocycles. The Morgan fingerprint density at radius 1 is 0.957 bits per heavy atom. The Hall–Kier alpha value is -3.97. The van der Waals surface area contributed by atoms with Gasteiger partial charge in [0, 0.05) is 23.7 Å². The van der Waals surface area contributed by atoms with E-state index >= 15 is 0 Å². The van der Waals surface area contributed by atoms with Gasteiger partial charge in [0.05, 0.1) is 31.8 Å². The van der Waals surface area contributed by atoms with Crippen molar-refractivity contribution >= 4 is 46.3 Å². The summed E-state index contributed by atoms with van der Waals surface area (Å²) in [5.74, 6) is 1.83. The molecule has 0 saturated heterocycles. The lowest BCUT2D eigenvalue weighted by molar-refractivity contribution is -0.127. The van der Waals surface area contributed by atoms with Crippen LogP contribution >= 0.6 is 11.8 Å². The molecule has 0 fully saturated rings. The maximum absolute atomic E-state index is 13.0. The minimum absolute atomic E-state index is 0.0467. The van der Waals surface area contributed by atoms with Gasteiger partial charge >= 0.3 is 0 Å². The Morgan fingerprint density at radius 3 is 2.30 bits per heavy atom. The molecule has 0 spiro atoms. The SMILES string of the molecule is COc1cc(C(=O)N(C(C)C)C(C)C)ccc1OCCCCOc1ccc2c(NC(=O)[C@H](C)NC(=O)[C@@H](N)CCSC)noc2c1. The zero-order chi connectivity index (χ0) is 33.8. The molecule has 3 amide bonds. The Labute approximate surface area is 275 Å². The molecule has 12 nitrogen and oxygen atoms in total. The minimum Gasteiger partial charge on any atom is -0.493 e. The van der Waals surface area contributed by atoms with Crippen molar-refractivity contribution in [1.29, 1.82) is 0 Å². The van der Waals surface area contributed by atoms with E-state index in [2.05, 4.69) is 15.8 Å². The molecular formula is C33H47N5O7S. The molecule has 3 rings (SSSR count). The summed E-state index contributed by atoms with van der Waals surface area (Å²) >= 11 is 1.60. The first kappa shape index (κ1) is 36.5. The fourth-order valence-corrected chi connectivity index (χ4v) is 5.28. The van der Waals surface area contributed by atoms with Gasteiger partial charge in [-0.05, 0) is 96.2 Å². The predicted molar refractivity (Wildman–Crippen MR) is 181 cm³/mol. The van der Waals surface area contributed by atoms with Crippen molar-refractivity contribution in [2.45, 2.75) is 78.0 Å². The van der Waals surface area contributed by atoms with Gasteiger partial charge in [0.15, 0.2) is 22.9 Å². The van der Waals surface area contributed by atoms with Crippen LogP contribution in [0.2, 0.25) is 0 Å². The number of aromatic nitrogens is 1. The monoisotopic (exact) mass is 657 g/mol. The molecule has 0 aliphatic rings. The molecule has 0 unspecified atom stereocenters. The highest BCUT2D eigenvalue weighted by molar-refractivity contribution is 7.98. The molecule has 0 aliphatic heterocycles. The van der Waals surface area contributed by atoms with Gasteiger partial charge in [0.25, 0.3) is 5.91 Å². The molecule has 3 aromatic rings. The van der Waals surface area contributed by atoms with Gasteiger partial charge in [-0.3, -0.25) is 14.4 Å². The summed E-state index contributed by atoms with van der Waals surface area (Å²) in [6, 6.07) is 9.16. The lowest BCUT2D eigenvalue weighted by Gasteiger charge is -2.31. The van der Waals surface area contributed by atoms with E-state index < -0.39 is 18.0 Å². The summed E-state index contributed by atoms with van der Waals surface area (Å²) in [5, 5.41) is 9.90. The van der Waals surface area contributed by atoms with E-state index in [1.54, 1.807) is 62.2 Å². The van der Waals surface area contributed by atoms with E-state index in [9.17, 15) is 14.4 Å². The third-order valence-electron chi connectivity index (χ3n) is 7.23. The number of thioether (sulfide) groups is 1. The van der Waals surface area contributed by atoms with Crippen LogP contribution in [0.25, 0.3) is 11.0 Å². The van der Waals surface area contributed by atoms with Gasteiger partial charge in [-0.15, -0.1) is 0 Å². The largest absolute Gasteiger partial charge is 0.493 e. The van der Waals surface area contributed by atoms with E-state index in [4.69, 9.17) is 24.5 Å². The lowest BCUT2D eigenvalue weighted by Crippen LogP contribution is -2.48. The van der Waals surface area contributed by atoms with Crippen molar-refractivity contribution in [3.63, 3.8) is 0 Å². The Morgan fingerprint density at radius 2 is 1.65 bits per heavy atom. The minimum atomic E-state index is -0.804. The highest BCUT2D eigenvalue weighted by Gasteiger charge is 2.23. The van der Waals surface area contributed by atoms with Gasteiger partial charge in [-0.1, -0.05) is 5.16 Å². The van der Waals surface area contributed by atoms with Gasteiger partial charge in [-0.2, -0.15) is 11.8 Å². The van der Waals surface area contributed by atoms with E-state index in [0.717, 1.165) is 18.6 Å². The Kier molecular flexibility index (Phi) is 14.0. The van der Waals surface area contributed by atoms with Crippen LogP contribution in [0, 0.1) is 0 Å². The van der Waals surface area contributed by atoms with Gasteiger partial charge in [0.1, 0.15) is 11.8 Å². The molecule has 0 saturated carbocycles. The molecule has 2 aromatic carbocycles. The highest BCUT2D eigenvalue weighted by atomic mass is 32.2. The Bertz CT molecular complexity index is 1450. The summed E-state index contributed by atoms with van der Waals surface area (Å²) in [6.45, 7) is 10.5. The molecule has 13 heteroatoms. The first-order valence-corrected chi connectivity index (χ1v) is 16.9. The van der Waals surface area contributed by atoms with Crippen LogP contribution in [-0.2, 0) is 9.59 Å². The molecular weight excluding hydrogens is 610 g/mol. The smallest absolute Gasteiger partial charge is 0.254 e. The first-order valence-electron chi connectivity index (χ1n) is 15.5. The first-order chi connectivity index (χ1) is 22.0. The molecule has 4 N–H and O–H groups in total. The molecule has 0 bridgehead atoms. The maximum atomic E-state index is 13.0. The molecule has 1 heterocycles. The van der Waals surface area contributed by atoms with Gasteiger partial charge in [0.2, 0.25) is 11.8 Å². The number of nitrogens with two attached hydrogens (primary N) is 1. The van der Waals surface area contributed by atoms with E-state index in [1.165, 1.54) is 0 Å². The van der Waals surface area contributed by atoms with E-state index in [1.807, 2.05) is 38.9 Å². The van der Waals surface area contributed by atoms with Crippen molar-refractivity contribution in [3.8, 4) is 17.2 Å². The number of anilines is 1. The third-order valence-corrected chi connectivity index (χ3v) is 7.87. The average molecular weight is 658 g/mol. The second kappa shape index (κ2) is 17.7. The number of unbranched alkanes of at least 4 members (excludes halogenated alkanes) is 1. The van der Waals surface area contributed by atoms with Crippen molar-refractivity contribution in [3.05, 3.63) is 42.0 Å². The second-order valence-electron chi connectivity index (χ2n) is 11.5. The van der Waals surface area contributed by atoms with Crippen LogP contribution in [0.4, 0.5) is 5.82 Å². The summed E-state index contributed by atoms with van der Waals surface area (Å²) < 4.78 is 22.7. The predicted octanol–water partition coefficient (Wildman–Crippen LogP) is 4.86. The number of benzene rings is 2. The number of nitrogens with zero attached hydrogens (tertiary/aromatic N) is 2. The third kappa shape index (κ3) is 10.0. The Balaban J connectivity index is 1.45. The number of carbonyl (C=O) groups is 3. The average Bonchev–Trinajstić information content (AvgIpc) is 3.42. The van der Waals surface area contributed by atoms with E-state index in [-0.39, 0.29) is 29.7 Å². The number of rotatable bonds is 18. The van der Waals surface area contributed by atoms with Crippen LogP contribution in [0.5, 0.6) is 17.2 Å². The van der Waals surface area contributed by atoms with Crippen molar-refractivity contribution in [2.75, 3.05) is 37.6 Å². The van der Waals surface area contributed by atoms with Gasteiger partial charge < -0.3 is 40.0 Å². The number of carbonyl (C=O) groups excluding carboxylic acids is 3. The van der Waals surface area contributed by atoms with Crippen LogP contribution in [-0.4, -0.2) is 84.3 Å². The molecule has 0 radical (unpaired) electrons. The summed E-state index contributed by atoms with van der Waals surface area (Å²) in [4.78, 5) is 39.8. The molecule has 252 valence electrons. The van der Waals surface area contributed by atoms with Crippen LogP contribution in [0.1, 0.15) is 64.2 Å². The zero-order valence-electron chi connectivity index (χ0n) is 27.8. The molecule has 0 aliphatic carbocycles. The van der Waals surface area contributed by atoms with Crippen LogP contribution in [0.3, 0.4) is 0 Å². The van der Waals surface area contributed by atoms with Crippen LogP contribution < -0.4 is 30.6 Å². The normalized spacial score (nSPS) is 12.6. The maximum Gasteiger partial charge on any atom is 0.254 e. The number of nitrogens with one attached hydrogen (secondary N) is 2. The number of hydrogen-bond acceptors (Lipinski definition) is 10. The summed E-state index contributed by atoms with van der Waals surface area (Å²) in [5.41, 5.74) is 6.89. The lowest BCUT2D eigenvalue weighted by atomic mass is 10.1. The standard InChI is InChI=1S/C33H47N5O7S/c1-20(2)38(21(3)4)33(41)23-10-13-27(29(18-23)42-6)44-16-9-8-15-43-24-11-12-25-28(19-24)45-37-30(25)36-31(39)22(5)35-32(40)26(34)14-17-46-7/h10-13,18-22,26H,8-9,14-17,34H2,1-7H3,(H,35,40)(H,36,37,39)/t22-,26-/m0/s1. The van der Waals surface area contributed by atoms with Crippen molar-refractivity contribution < 1.29 is 33.1 Å². The summed E-state index contributed by atoms with van der Waals surface area (Å²) in [7, 11) is 1.56. The summed E-state index contributed by atoms with van der Waals surface area (Å²) in [6.07, 6.45) is 3.93. The quantitative estimate of drug-likeness (QED) is 0.161. The second-order valence-corrected chi connectivity index (χ2v) is 12.5.